The van der Waals surface area contributed by atoms with Crippen LogP contribution in [0, 0.1) is 12.8 Å². The molecule has 0 spiro atoms. The molecule has 1 aromatic carbocycles. The van der Waals surface area contributed by atoms with Gasteiger partial charge in [-0.25, -0.2) is 4.79 Å². The summed E-state index contributed by atoms with van der Waals surface area (Å²) >= 11 is 0. The fourth-order valence-corrected chi connectivity index (χ4v) is 4.52. The molecular formula is C22H31N3O2. The first kappa shape index (κ1) is 19.6. The summed E-state index contributed by atoms with van der Waals surface area (Å²) in [6, 6.07) is 8.35. The normalized spacial score (nSPS) is 24.3. The van der Waals surface area contributed by atoms with Gasteiger partial charge in [0.25, 0.3) is 5.91 Å². The van der Waals surface area contributed by atoms with Gasteiger partial charge in [0.2, 0.25) is 0 Å². The van der Waals surface area contributed by atoms with E-state index in [1.54, 1.807) is 0 Å². The molecule has 1 atom stereocenters. The van der Waals surface area contributed by atoms with Gasteiger partial charge in [0.1, 0.15) is 5.54 Å². The van der Waals surface area contributed by atoms with Crippen molar-refractivity contribution >= 4 is 11.9 Å². The number of nitrogens with one attached hydrogen (secondary N) is 1. The van der Waals surface area contributed by atoms with E-state index in [0.717, 1.165) is 38.0 Å². The molecule has 1 unspecified atom stereocenters. The highest BCUT2D eigenvalue weighted by Crippen LogP contribution is 2.36. The standard InChI is InChI=1S/C22H31N3O2/c1-5-22(20(26)25(14-16(2)3)21(27)23-22)19-9-11-24(12-10-19)15-18-8-6-7-17(4)13-18/h6-8,13,19H,2,5,9-12,14-15H2,1,3-4H3,(H,23,27). The summed E-state index contributed by atoms with van der Waals surface area (Å²) in [5.41, 5.74) is 2.68. The van der Waals surface area contributed by atoms with Crippen molar-refractivity contribution < 1.29 is 9.59 Å². The number of amides is 3. The molecule has 2 heterocycles. The number of rotatable bonds is 6. The monoisotopic (exact) mass is 369 g/mol. The lowest BCUT2D eigenvalue weighted by Crippen LogP contribution is -2.55. The molecule has 5 heteroatoms. The number of likely N-dealkylation sites (tertiary alicyclic amines) is 1. The van der Waals surface area contributed by atoms with Crippen molar-refractivity contribution in [1.82, 2.24) is 15.1 Å². The van der Waals surface area contributed by atoms with Gasteiger partial charge in [-0.05, 0) is 57.7 Å². The molecule has 3 rings (SSSR count). The molecule has 0 saturated carbocycles. The van der Waals surface area contributed by atoms with Gasteiger partial charge in [0, 0.05) is 6.54 Å². The van der Waals surface area contributed by atoms with Crippen LogP contribution < -0.4 is 5.32 Å². The Morgan fingerprint density at radius 3 is 2.59 bits per heavy atom. The average Bonchev–Trinajstić information content (AvgIpc) is 2.87. The number of urea groups is 1. The van der Waals surface area contributed by atoms with Crippen molar-refractivity contribution in [3.63, 3.8) is 0 Å². The lowest BCUT2D eigenvalue weighted by Gasteiger charge is -2.40. The molecule has 1 aromatic rings. The fourth-order valence-electron chi connectivity index (χ4n) is 4.52. The van der Waals surface area contributed by atoms with E-state index in [1.807, 2.05) is 13.8 Å². The van der Waals surface area contributed by atoms with Crippen LogP contribution in [-0.4, -0.2) is 46.9 Å². The molecule has 5 nitrogen and oxygen atoms in total. The van der Waals surface area contributed by atoms with Gasteiger partial charge >= 0.3 is 6.03 Å². The van der Waals surface area contributed by atoms with Crippen molar-refractivity contribution in [2.24, 2.45) is 5.92 Å². The van der Waals surface area contributed by atoms with E-state index in [-0.39, 0.29) is 17.9 Å². The van der Waals surface area contributed by atoms with Crippen molar-refractivity contribution in [1.29, 1.82) is 0 Å². The minimum Gasteiger partial charge on any atom is -0.323 e. The van der Waals surface area contributed by atoms with Crippen LogP contribution in [0.3, 0.4) is 0 Å². The Balaban J connectivity index is 1.66. The molecule has 27 heavy (non-hydrogen) atoms. The number of hydrogen-bond acceptors (Lipinski definition) is 3. The average molecular weight is 370 g/mol. The van der Waals surface area contributed by atoms with E-state index >= 15 is 0 Å². The van der Waals surface area contributed by atoms with Crippen molar-refractivity contribution in [2.75, 3.05) is 19.6 Å². The van der Waals surface area contributed by atoms with Gasteiger partial charge < -0.3 is 5.32 Å². The van der Waals surface area contributed by atoms with Gasteiger partial charge in [-0.15, -0.1) is 0 Å². The zero-order chi connectivity index (χ0) is 19.6. The van der Waals surface area contributed by atoms with Crippen LogP contribution in [0.4, 0.5) is 4.79 Å². The third kappa shape index (κ3) is 3.93. The first-order valence-electron chi connectivity index (χ1n) is 9.92. The Bertz CT molecular complexity index is 737. The zero-order valence-corrected chi connectivity index (χ0v) is 16.8. The Labute approximate surface area is 162 Å². The summed E-state index contributed by atoms with van der Waals surface area (Å²) < 4.78 is 0. The first-order valence-corrected chi connectivity index (χ1v) is 9.92. The van der Waals surface area contributed by atoms with Crippen LogP contribution >= 0.6 is 0 Å². The molecule has 0 aromatic heterocycles. The SMILES string of the molecule is C=C(C)CN1C(=O)NC(CC)(C2CCN(Cc3cccc(C)c3)CC2)C1=O. The molecule has 146 valence electrons. The summed E-state index contributed by atoms with van der Waals surface area (Å²) in [5, 5.41) is 3.04. The number of aryl methyl sites for hydroxylation is 1. The van der Waals surface area contributed by atoms with Crippen molar-refractivity contribution in [2.45, 2.75) is 52.1 Å². The minimum atomic E-state index is -0.748. The number of hydrogen-bond donors (Lipinski definition) is 1. The molecule has 3 amide bonds. The second kappa shape index (κ2) is 7.85. The highest BCUT2D eigenvalue weighted by atomic mass is 16.2. The molecule has 0 radical (unpaired) electrons. The summed E-state index contributed by atoms with van der Waals surface area (Å²) in [6.07, 6.45) is 2.48. The van der Waals surface area contributed by atoms with E-state index in [9.17, 15) is 9.59 Å². The van der Waals surface area contributed by atoms with Gasteiger partial charge in [0.15, 0.2) is 0 Å². The summed E-state index contributed by atoms with van der Waals surface area (Å²) in [6.45, 7) is 13.0. The number of carbonyl (C=O) groups excluding carboxylic acids is 2. The predicted molar refractivity (Wildman–Crippen MR) is 107 cm³/mol. The second-order valence-corrected chi connectivity index (χ2v) is 8.14. The van der Waals surface area contributed by atoms with Gasteiger partial charge in [0.05, 0.1) is 6.54 Å². The van der Waals surface area contributed by atoms with Crippen molar-refractivity contribution in [3.8, 4) is 0 Å². The highest BCUT2D eigenvalue weighted by Gasteiger charge is 2.54. The van der Waals surface area contributed by atoms with Gasteiger partial charge in [-0.3, -0.25) is 14.6 Å². The Morgan fingerprint density at radius 2 is 2.00 bits per heavy atom. The Morgan fingerprint density at radius 1 is 1.30 bits per heavy atom. The van der Waals surface area contributed by atoms with Crippen LogP contribution in [-0.2, 0) is 11.3 Å². The summed E-state index contributed by atoms with van der Waals surface area (Å²) in [7, 11) is 0. The molecule has 1 N–H and O–H groups in total. The van der Waals surface area contributed by atoms with Crippen LogP contribution in [0.1, 0.15) is 44.2 Å². The van der Waals surface area contributed by atoms with Crippen LogP contribution in [0.2, 0.25) is 0 Å². The largest absolute Gasteiger partial charge is 0.325 e. The first-order chi connectivity index (χ1) is 12.9. The van der Waals surface area contributed by atoms with E-state index in [0.29, 0.717) is 13.0 Å². The van der Waals surface area contributed by atoms with Crippen molar-refractivity contribution in [3.05, 3.63) is 47.5 Å². The maximum absolute atomic E-state index is 13.1. The van der Waals surface area contributed by atoms with Gasteiger partial charge in [-0.1, -0.05) is 48.9 Å². The lowest BCUT2D eigenvalue weighted by molar-refractivity contribution is -0.134. The highest BCUT2D eigenvalue weighted by molar-refractivity contribution is 6.07. The predicted octanol–water partition coefficient (Wildman–Crippen LogP) is 3.48. The number of carbonyl (C=O) groups is 2. The molecule has 2 aliphatic heterocycles. The quantitative estimate of drug-likeness (QED) is 0.617. The molecule has 0 aliphatic carbocycles. The summed E-state index contributed by atoms with van der Waals surface area (Å²) in [4.78, 5) is 29.3. The van der Waals surface area contributed by atoms with Crippen LogP contribution in [0.25, 0.3) is 0 Å². The maximum atomic E-state index is 13.1. The molecular weight excluding hydrogens is 338 g/mol. The Kier molecular flexibility index (Phi) is 5.70. The van der Waals surface area contributed by atoms with E-state index in [2.05, 4.69) is 48.0 Å². The number of nitrogens with zero attached hydrogens (tertiary/aromatic N) is 2. The zero-order valence-electron chi connectivity index (χ0n) is 16.8. The van der Waals surface area contributed by atoms with E-state index < -0.39 is 5.54 Å². The Hall–Kier alpha value is -2.14. The molecule has 2 fully saturated rings. The smallest absolute Gasteiger partial charge is 0.323 e. The number of imide groups is 1. The minimum absolute atomic E-state index is 0.0739. The van der Waals surface area contributed by atoms with Gasteiger partial charge in [-0.2, -0.15) is 0 Å². The van der Waals surface area contributed by atoms with E-state index in [1.165, 1.54) is 16.0 Å². The van der Waals surface area contributed by atoms with E-state index in [4.69, 9.17) is 0 Å². The third-order valence-corrected chi connectivity index (χ3v) is 5.96. The summed E-state index contributed by atoms with van der Waals surface area (Å²) in [5.74, 6) is 0.109. The maximum Gasteiger partial charge on any atom is 0.325 e. The number of piperidine rings is 1. The fraction of sp³-hybridized carbons (Fsp3) is 0.545. The number of benzene rings is 1. The van der Waals surface area contributed by atoms with Crippen LogP contribution in [0.5, 0.6) is 0 Å². The third-order valence-electron chi connectivity index (χ3n) is 5.96. The lowest BCUT2D eigenvalue weighted by atomic mass is 9.75. The topological polar surface area (TPSA) is 52.7 Å². The molecule has 0 bridgehead atoms. The second-order valence-electron chi connectivity index (χ2n) is 8.14. The van der Waals surface area contributed by atoms with Crippen LogP contribution in [0.15, 0.2) is 36.4 Å². The molecule has 2 saturated heterocycles. The molecule has 2 aliphatic rings.